The molecule has 7 rings (SSSR count). The van der Waals surface area contributed by atoms with Crippen molar-refractivity contribution in [1.29, 1.82) is 0 Å². The fraction of sp³-hybridized carbons (Fsp3) is 0.342. The lowest BCUT2D eigenvalue weighted by molar-refractivity contribution is 0.0685. The highest BCUT2D eigenvalue weighted by Crippen LogP contribution is 2.42. The molecule has 12 heteroatoms. The van der Waals surface area contributed by atoms with Gasteiger partial charge in [-0.1, -0.05) is 41.9 Å². The lowest BCUT2D eigenvalue weighted by Gasteiger charge is -2.19. The standard InChI is InChI=1S/C38H41ClN6O4S/c1-23-34-32(45(40-23)14-16-48-5)21-42(2)20-25-18-26(44(4)41-25)22-50-27-17-24-9-6-7-10-28(24)33(19-27)49-15-8-11-29-30-12-13-31(39)35(34)36(30)43(3)37(29)38(46)47/h6-7,9-10,12-13,17-19H,8,11,14-16,20-22H2,1-5H3,(H,46,47). The largest absolute Gasteiger partial charge is 0.493 e. The van der Waals surface area contributed by atoms with Gasteiger partial charge in [0.1, 0.15) is 11.4 Å². The number of carboxylic acid groups (broad SMARTS) is 1. The van der Waals surface area contributed by atoms with Crippen molar-refractivity contribution >= 4 is 51.0 Å². The van der Waals surface area contributed by atoms with Crippen molar-refractivity contribution in [2.24, 2.45) is 14.1 Å². The summed E-state index contributed by atoms with van der Waals surface area (Å²) in [5.74, 6) is 0.603. The summed E-state index contributed by atoms with van der Waals surface area (Å²) >= 11 is 8.85. The second-order valence-electron chi connectivity index (χ2n) is 12.9. The molecule has 10 nitrogen and oxygen atoms in total. The number of hydrogen-bond acceptors (Lipinski definition) is 7. The van der Waals surface area contributed by atoms with Gasteiger partial charge < -0.3 is 19.1 Å². The zero-order chi connectivity index (χ0) is 35.1. The number of rotatable bonds is 4. The average Bonchev–Trinajstić information content (AvgIpc) is 3.69. The first-order chi connectivity index (χ1) is 24.1. The number of methoxy groups -OCH3 is 1. The molecule has 0 saturated heterocycles. The van der Waals surface area contributed by atoms with Gasteiger partial charge in [0.05, 0.1) is 47.4 Å². The van der Waals surface area contributed by atoms with Gasteiger partial charge in [0, 0.05) is 72.5 Å². The van der Waals surface area contributed by atoms with Gasteiger partial charge in [-0.25, -0.2) is 4.79 Å². The number of carboxylic acids is 1. The highest BCUT2D eigenvalue weighted by Gasteiger charge is 2.28. The molecule has 3 aromatic carbocycles. The summed E-state index contributed by atoms with van der Waals surface area (Å²) in [6.45, 7) is 4.66. The van der Waals surface area contributed by atoms with Crippen molar-refractivity contribution in [3.05, 3.63) is 93.7 Å². The molecule has 0 fully saturated rings. The van der Waals surface area contributed by atoms with Crippen LogP contribution in [0.15, 0.2) is 59.5 Å². The van der Waals surface area contributed by atoms with Gasteiger partial charge in [-0.2, -0.15) is 10.2 Å². The molecule has 0 unspecified atom stereocenters. The Labute approximate surface area is 300 Å². The summed E-state index contributed by atoms with van der Waals surface area (Å²) in [5.41, 5.74) is 7.39. The molecule has 260 valence electrons. The number of aryl methyl sites for hydroxylation is 4. The maximum atomic E-state index is 12.9. The lowest BCUT2D eigenvalue weighted by atomic mass is 9.97. The normalized spacial score (nSPS) is 14.5. The summed E-state index contributed by atoms with van der Waals surface area (Å²) < 4.78 is 17.7. The molecule has 6 aromatic rings. The first-order valence-electron chi connectivity index (χ1n) is 16.7. The van der Waals surface area contributed by atoms with E-state index in [-0.39, 0.29) is 5.69 Å². The van der Waals surface area contributed by atoms with Crippen LogP contribution in [0, 0.1) is 6.92 Å². The van der Waals surface area contributed by atoms with E-state index in [1.54, 1.807) is 23.4 Å². The Balaban J connectivity index is 1.39. The van der Waals surface area contributed by atoms with E-state index in [4.69, 9.17) is 31.3 Å². The number of aromatic nitrogens is 5. The minimum absolute atomic E-state index is 0.253. The van der Waals surface area contributed by atoms with E-state index < -0.39 is 5.97 Å². The van der Waals surface area contributed by atoms with Crippen molar-refractivity contribution in [3.63, 3.8) is 0 Å². The fourth-order valence-electron chi connectivity index (χ4n) is 7.25. The third kappa shape index (κ3) is 6.39. The van der Waals surface area contributed by atoms with Crippen LogP contribution in [0.4, 0.5) is 0 Å². The smallest absolute Gasteiger partial charge is 0.352 e. The van der Waals surface area contributed by atoms with Gasteiger partial charge in [-0.05, 0) is 62.0 Å². The molecule has 0 aliphatic carbocycles. The van der Waals surface area contributed by atoms with Gasteiger partial charge in [0.25, 0.3) is 0 Å². The van der Waals surface area contributed by atoms with Gasteiger partial charge >= 0.3 is 5.97 Å². The van der Waals surface area contributed by atoms with Crippen molar-refractivity contribution in [2.45, 2.75) is 50.0 Å². The van der Waals surface area contributed by atoms with Gasteiger partial charge in [-0.15, -0.1) is 11.8 Å². The zero-order valence-electron chi connectivity index (χ0n) is 29.0. The van der Waals surface area contributed by atoms with Crippen LogP contribution < -0.4 is 4.74 Å². The second-order valence-corrected chi connectivity index (χ2v) is 14.4. The molecule has 1 N–H and O–H groups in total. The molecular weight excluding hydrogens is 672 g/mol. The van der Waals surface area contributed by atoms with Crippen molar-refractivity contribution in [3.8, 4) is 16.9 Å². The van der Waals surface area contributed by atoms with Crippen molar-refractivity contribution in [2.75, 3.05) is 27.4 Å². The van der Waals surface area contributed by atoms with E-state index >= 15 is 0 Å². The SMILES string of the molecule is COCCn1nc(C)c2c1CN(C)Cc1cc(n(C)n1)CSc1cc(c3ccccc3c1)OCCCc1c(C(=O)O)n(C)c3c-2c(Cl)ccc13. The van der Waals surface area contributed by atoms with Crippen LogP contribution in [0.2, 0.25) is 5.02 Å². The zero-order valence-corrected chi connectivity index (χ0v) is 30.6. The first kappa shape index (κ1) is 34.2. The molecule has 0 atom stereocenters. The quantitative estimate of drug-likeness (QED) is 0.201. The molecule has 4 heterocycles. The third-order valence-electron chi connectivity index (χ3n) is 9.49. The Kier molecular flexibility index (Phi) is 9.67. The average molecular weight is 713 g/mol. The number of aromatic carboxylic acids is 1. The highest BCUT2D eigenvalue weighted by atomic mass is 35.5. The molecule has 0 radical (unpaired) electrons. The minimum Gasteiger partial charge on any atom is -0.493 e. The third-order valence-corrected chi connectivity index (χ3v) is 10.8. The maximum Gasteiger partial charge on any atom is 0.352 e. The Hall–Kier alpha value is -4.29. The molecule has 1 aliphatic rings. The highest BCUT2D eigenvalue weighted by molar-refractivity contribution is 7.98. The van der Waals surface area contributed by atoms with Gasteiger partial charge in [0.2, 0.25) is 0 Å². The minimum atomic E-state index is -0.978. The summed E-state index contributed by atoms with van der Waals surface area (Å²) in [6, 6.07) is 18.6. The van der Waals surface area contributed by atoms with Crippen LogP contribution in [0.3, 0.4) is 0 Å². The summed E-state index contributed by atoms with van der Waals surface area (Å²) in [6.07, 6.45) is 1.15. The van der Waals surface area contributed by atoms with E-state index in [9.17, 15) is 9.90 Å². The Morgan fingerprint density at radius 1 is 1.04 bits per heavy atom. The van der Waals surface area contributed by atoms with Crippen molar-refractivity contribution < 1.29 is 19.4 Å². The number of thioether (sulfide) groups is 1. The molecule has 0 amide bonds. The number of nitrogens with zero attached hydrogens (tertiary/aromatic N) is 6. The van der Waals surface area contributed by atoms with Crippen LogP contribution in [0.5, 0.6) is 5.75 Å². The number of ether oxygens (including phenoxy) is 2. The number of benzene rings is 3. The molecule has 3 aromatic heterocycles. The molecular formula is C38H41ClN6O4S. The maximum absolute atomic E-state index is 12.9. The number of hydrogen-bond donors (Lipinski definition) is 1. The van der Waals surface area contributed by atoms with Crippen LogP contribution in [-0.4, -0.2) is 67.5 Å². The van der Waals surface area contributed by atoms with Crippen LogP contribution >= 0.6 is 23.4 Å². The summed E-state index contributed by atoms with van der Waals surface area (Å²) in [5, 5.41) is 23.9. The van der Waals surface area contributed by atoms with E-state index in [1.807, 2.05) is 54.6 Å². The molecule has 1 aliphatic heterocycles. The molecule has 50 heavy (non-hydrogen) atoms. The topological polar surface area (TPSA) is 99.6 Å². The van der Waals surface area contributed by atoms with Gasteiger partial charge in [0.15, 0.2) is 0 Å². The van der Waals surface area contributed by atoms with Crippen molar-refractivity contribution in [1.82, 2.24) is 29.0 Å². The van der Waals surface area contributed by atoms with E-state index in [2.05, 4.69) is 42.3 Å². The Morgan fingerprint density at radius 2 is 1.86 bits per heavy atom. The molecule has 0 saturated carbocycles. The monoisotopic (exact) mass is 712 g/mol. The number of carbonyl (C=O) groups is 1. The van der Waals surface area contributed by atoms with E-state index in [0.29, 0.717) is 50.7 Å². The predicted molar refractivity (Wildman–Crippen MR) is 198 cm³/mol. The van der Waals surface area contributed by atoms with Crippen LogP contribution in [0.25, 0.3) is 32.8 Å². The van der Waals surface area contributed by atoms with E-state index in [1.165, 1.54) is 0 Å². The number of fused-ring (bicyclic) bond motifs is 8. The number of halogens is 1. The Morgan fingerprint density at radius 3 is 2.66 bits per heavy atom. The fourth-order valence-corrected chi connectivity index (χ4v) is 8.49. The molecule has 8 bridgehead atoms. The summed E-state index contributed by atoms with van der Waals surface area (Å²) in [7, 11) is 7.57. The lowest BCUT2D eigenvalue weighted by Crippen LogP contribution is -2.21. The van der Waals surface area contributed by atoms with Gasteiger partial charge in [-0.3, -0.25) is 14.3 Å². The van der Waals surface area contributed by atoms with E-state index in [0.717, 1.165) is 77.5 Å². The summed E-state index contributed by atoms with van der Waals surface area (Å²) in [4.78, 5) is 16.2. The predicted octanol–water partition coefficient (Wildman–Crippen LogP) is 7.48. The Bertz CT molecular complexity index is 2240. The molecule has 0 spiro atoms. The first-order valence-corrected chi connectivity index (χ1v) is 18.1. The van der Waals surface area contributed by atoms with Crippen LogP contribution in [0.1, 0.15) is 45.2 Å². The van der Waals surface area contributed by atoms with Crippen LogP contribution in [-0.2, 0) is 50.6 Å². The second kappa shape index (κ2) is 14.1.